The summed E-state index contributed by atoms with van der Waals surface area (Å²) in [6.07, 6.45) is 7.29. The lowest BCUT2D eigenvalue weighted by Crippen LogP contribution is -2.38. The molecule has 2 heterocycles. The number of amides is 1. The van der Waals surface area contributed by atoms with Gasteiger partial charge in [0.2, 0.25) is 0 Å². The van der Waals surface area contributed by atoms with Crippen molar-refractivity contribution in [2.75, 3.05) is 13.1 Å². The summed E-state index contributed by atoms with van der Waals surface area (Å²) in [6, 6.07) is 12.0. The number of aromatic amines is 1. The second kappa shape index (κ2) is 9.27. The van der Waals surface area contributed by atoms with E-state index in [2.05, 4.69) is 35.1 Å². The number of carbonyl (C=O) groups excluding carboxylic acids is 1. The van der Waals surface area contributed by atoms with Crippen LogP contribution in [0.4, 0.5) is 0 Å². The molecule has 1 saturated carbocycles. The van der Waals surface area contributed by atoms with Gasteiger partial charge in [-0.25, -0.2) is 4.98 Å². The highest BCUT2D eigenvalue weighted by atomic mass is 35.5. The molecular weight excluding hydrogens is 444 g/mol. The van der Waals surface area contributed by atoms with E-state index in [4.69, 9.17) is 16.9 Å². The predicted molar refractivity (Wildman–Crippen MR) is 134 cm³/mol. The van der Waals surface area contributed by atoms with Gasteiger partial charge in [0.05, 0.1) is 23.5 Å². The Morgan fingerprint density at radius 3 is 2.41 bits per heavy atom. The van der Waals surface area contributed by atoms with Crippen molar-refractivity contribution in [3.63, 3.8) is 0 Å². The van der Waals surface area contributed by atoms with E-state index in [9.17, 15) is 4.79 Å². The molecule has 6 heteroatoms. The van der Waals surface area contributed by atoms with E-state index < -0.39 is 0 Å². The number of nitrogens with zero attached hydrogens (tertiary/aromatic N) is 3. The van der Waals surface area contributed by atoms with Crippen molar-refractivity contribution in [1.82, 2.24) is 14.9 Å². The number of carbonyl (C=O) groups is 1. The summed E-state index contributed by atoms with van der Waals surface area (Å²) >= 11 is 6.45. The van der Waals surface area contributed by atoms with Gasteiger partial charge in [0.25, 0.3) is 5.91 Å². The topological polar surface area (TPSA) is 72.8 Å². The fraction of sp³-hybridized carbons (Fsp3) is 0.393. The lowest BCUT2D eigenvalue weighted by Gasteiger charge is -2.33. The number of benzene rings is 2. The van der Waals surface area contributed by atoms with E-state index in [1.807, 2.05) is 30.2 Å². The van der Waals surface area contributed by atoms with Gasteiger partial charge in [-0.3, -0.25) is 4.79 Å². The number of nitriles is 1. The maximum Gasteiger partial charge on any atom is 0.254 e. The average molecular weight is 473 g/mol. The van der Waals surface area contributed by atoms with Gasteiger partial charge < -0.3 is 9.88 Å². The Morgan fingerprint density at radius 2 is 1.82 bits per heavy atom. The molecule has 1 aliphatic carbocycles. The molecule has 34 heavy (non-hydrogen) atoms. The average Bonchev–Trinajstić information content (AvgIpc) is 3.24. The fourth-order valence-corrected chi connectivity index (χ4v) is 5.64. The lowest BCUT2D eigenvalue weighted by molar-refractivity contribution is 0.0712. The molecule has 1 saturated heterocycles. The van der Waals surface area contributed by atoms with E-state index in [0.29, 0.717) is 35.5 Å². The van der Waals surface area contributed by atoms with Crippen LogP contribution >= 0.6 is 11.6 Å². The minimum Gasteiger partial charge on any atom is -0.342 e. The maximum absolute atomic E-state index is 13.6. The molecule has 0 radical (unpaired) electrons. The molecule has 3 aromatic rings. The summed E-state index contributed by atoms with van der Waals surface area (Å²) in [5, 5.41) is 9.73. The second-order valence-corrected chi connectivity index (χ2v) is 10.1. The Bertz CT molecular complexity index is 1280. The number of rotatable bonds is 4. The summed E-state index contributed by atoms with van der Waals surface area (Å²) < 4.78 is 0. The number of imidazole rings is 1. The molecule has 1 amide bonds. The van der Waals surface area contributed by atoms with Gasteiger partial charge in [-0.1, -0.05) is 30.2 Å². The first-order chi connectivity index (χ1) is 16.4. The summed E-state index contributed by atoms with van der Waals surface area (Å²) in [7, 11) is 0. The van der Waals surface area contributed by atoms with Crippen LogP contribution in [-0.2, 0) is 0 Å². The van der Waals surface area contributed by atoms with E-state index >= 15 is 0 Å². The molecule has 5 nitrogen and oxygen atoms in total. The van der Waals surface area contributed by atoms with Crippen LogP contribution in [0.15, 0.2) is 36.5 Å². The Hall–Kier alpha value is -3.10. The smallest absolute Gasteiger partial charge is 0.254 e. The normalized spacial score (nSPS) is 16.8. The van der Waals surface area contributed by atoms with Crippen LogP contribution in [0.3, 0.4) is 0 Å². The molecular formula is C28H29ClN4O. The minimum absolute atomic E-state index is 0.0968. The first kappa shape index (κ1) is 22.7. The van der Waals surface area contributed by atoms with Crippen LogP contribution in [-0.4, -0.2) is 33.9 Å². The van der Waals surface area contributed by atoms with Crippen LogP contribution in [0.1, 0.15) is 82.4 Å². The summed E-state index contributed by atoms with van der Waals surface area (Å²) in [6.45, 7) is 5.40. The zero-order valence-electron chi connectivity index (χ0n) is 19.7. The van der Waals surface area contributed by atoms with Crippen LogP contribution in [0.25, 0.3) is 11.3 Å². The number of halogens is 1. The predicted octanol–water partition coefficient (Wildman–Crippen LogP) is 6.51. The molecule has 1 N–H and O–H groups in total. The molecule has 2 aliphatic rings. The molecule has 0 bridgehead atoms. The third-order valence-electron chi connectivity index (χ3n) is 7.52. The van der Waals surface area contributed by atoms with Crippen molar-refractivity contribution in [3.8, 4) is 17.3 Å². The third kappa shape index (κ3) is 4.23. The van der Waals surface area contributed by atoms with Crippen LogP contribution in [0.2, 0.25) is 5.02 Å². The molecule has 5 rings (SSSR count). The summed E-state index contributed by atoms with van der Waals surface area (Å²) in [5.41, 5.74) is 6.90. The number of piperidine rings is 1. The van der Waals surface area contributed by atoms with Crippen LogP contribution < -0.4 is 0 Å². The third-order valence-corrected chi connectivity index (χ3v) is 7.84. The molecule has 0 unspecified atom stereocenters. The van der Waals surface area contributed by atoms with Crippen molar-refractivity contribution in [1.29, 1.82) is 5.26 Å². The molecule has 174 valence electrons. The maximum atomic E-state index is 13.6. The molecule has 1 aromatic heterocycles. The quantitative estimate of drug-likeness (QED) is 0.470. The van der Waals surface area contributed by atoms with Crippen molar-refractivity contribution in [2.24, 2.45) is 0 Å². The van der Waals surface area contributed by atoms with Gasteiger partial charge in [0.1, 0.15) is 5.82 Å². The SMILES string of the molecule is Cc1ncc(-c2cc(C(=O)N3CCC(c4ccc(C#N)cc4Cl)CC3)c(C)cc2C2CCC2)[nH]1. The molecule has 1 aliphatic heterocycles. The van der Waals surface area contributed by atoms with E-state index in [-0.39, 0.29) is 5.91 Å². The highest BCUT2D eigenvalue weighted by Crippen LogP contribution is 2.42. The van der Waals surface area contributed by atoms with E-state index in [1.54, 1.807) is 6.07 Å². The van der Waals surface area contributed by atoms with Gasteiger partial charge in [-0.2, -0.15) is 5.26 Å². The van der Waals surface area contributed by atoms with Crippen LogP contribution in [0.5, 0.6) is 0 Å². The van der Waals surface area contributed by atoms with Crippen molar-refractivity contribution in [3.05, 3.63) is 75.2 Å². The largest absolute Gasteiger partial charge is 0.342 e. The van der Waals surface area contributed by atoms with Gasteiger partial charge >= 0.3 is 0 Å². The summed E-state index contributed by atoms with van der Waals surface area (Å²) in [4.78, 5) is 23.3. The van der Waals surface area contributed by atoms with Gasteiger partial charge in [-0.05, 0) is 86.3 Å². The number of nitrogens with one attached hydrogen (secondary N) is 1. The second-order valence-electron chi connectivity index (χ2n) is 9.68. The first-order valence-corrected chi connectivity index (χ1v) is 12.5. The van der Waals surface area contributed by atoms with Crippen molar-refractivity contribution >= 4 is 17.5 Å². The highest BCUT2D eigenvalue weighted by molar-refractivity contribution is 6.31. The van der Waals surface area contributed by atoms with Crippen molar-refractivity contribution in [2.45, 2.75) is 57.8 Å². The lowest BCUT2D eigenvalue weighted by atomic mass is 9.76. The van der Waals surface area contributed by atoms with Gasteiger partial charge in [-0.15, -0.1) is 0 Å². The molecule has 0 spiro atoms. The van der Waals surface area contributed by atoms with Crippen LogP contribution in [0, 0.1) is 25.2 Å². The van der Waals surface area contributed by atoms with Gasteiger partial charge in [0, 0.05) is 29.2 Å². The zero-order valence-corrected chi connectivity index (χ0v) is 20.5. The van der Waals surface area contributed by atoms with Crippen molar-refractivity contribution < 1.29 is 4.79 Å². The monoisotopic (exact) mass is 472 g/mol. The number of aryl methyl sites for hydroxylation is 2. The Balaban J connectivity index is 1.37. The fourth-order valence-electron chi connectivity index (χ4n) is 5.30. The Morgan fingerprint density at radius 1 is 1.09 bits per heavy atom. The standard InChI is InChI=1S/C28H29ClN4O/c1-17-12-24(20-4-3-5-20)25(27-16-31-18(2)32-27)14-23(17)28(34)33-10-8-21(9-11-33)22-7-6-19(15-30)13-26(22)29/h6-7,12-14,16,20-21H,3-5,8-11H2,1-2H3,(H,31,32). The minimum atomic E-state index is 0.0968. The number of likely N-dealkylation sites (tertiary alicyclic amines) is 1. The Labute approximate surface area is 205 Å². The Kier molecular flexibility index (Phi) is 6.18. The van der Waals surface area contributed by atoms with E-state index in [1.165, 1.54) is 24.8 Å². The summed E-state index contributed by atoms with van der Waals surface area (Å²) in [5.74, 6) is 1.84. The first-order valence-electron chi connectivity index (χ1n) is 12.1. The van der Waals surface area contributed by atoms with Gasteiger partial charge in [0.15, 0.2) is 0 Å². The number of hydrogen-bond acceptors (Lipinski definition) is 3. The molecule has 0 atom stereocenters. The molecule has 2 aromatic carbocycles. The highest BCUT2D eigenvalue weighted by Gasteiger charge is 2.29. The number of H-pyrrole nitrogens is 1. The zero-order chi connectivity index (χ0) is 23.8. The number of aromatic nitrogens is 2. The number of hydrogen-bond donors (Lipinski definition) is 1. The van der Waals surface area contributed by atoms with E-state index in [0.717, 1.165) is 46.6 Å². The molecule has 2 fully saturated rings.